The lowest BCUT2D eigenvalue weighted by Crippen LogP contribution is -2.50. The molecule has 2 N–H and O–H groups in total. The van der Waals surface area contributed by atoms with Crippen LogP contribution in [0.3, 0.4) is 0 Å². The first kappa shape index (κ1) is 22.3. The maximum absolute atomic E-state index is 12.6. The van der Waals surface area contributed by atoms with Crippen molar-refractivity contribution in [3.8, 4) is 0 Å². The number of likely N-dealkylation sites (tertiary alicyclic amines) is 1. The summed E-state index contributed by atoms with van der Waals surface area (Å²) in [5.74, 6) is -1.85. The number of nitrogens with one attached hydrogen (secondary N) is 2. The van der Waals surface area contributed by atoms with Crippen LogP contribution in [0.15, 0.2) is 35.5 Å². The van der Waals surface area contributed by atoms with Crippen molar-refractivity contribution in [1.82, 2.24) is 15.5 Å². The van der Waals surface area contributed by atoms with E-state index < -0.39 is 29.9 Å². The Labute approximate surface area is 180 Å². The summed E-state index contributed by atoms with van der Waals surface area (Å²) in [5.41, 5.74) is 2.51. The fraction of sp³-hybridized carbons (Fsp3) is 0.455. The first-order chi connectivity index (χ1) is 14.8. The van der Waals surface area contributed by atoms with E-state index in [1.807, 2.05) is 31.2 Å². The van der Waals surface area contributed by atoms with Crippen molar-refractivity contribution in [3.63, 3.8) is 0 Å². The molecule has 9 nitrogen and oxygen atoms in total. The van der Waals surface area contributed by atoms with Crippen LogP contribution in [0.4, 0.5) is 4.79 Å². The number of carbonyl (C=O) groups excluding carboxylic acids is 4. The zero-order valence-electron chi connectivity index (χ0n) is 17.9. The Morgan fingerprint density at radius 1 is 1.16 bits per heavy atom. The highest BCUT2D eigenvalue weighted by molar-refractivity contribution is 5.95. The van der Waals surface area contributed by atoms with Crippen LogP contribution in [0.25, 0.3) is 0 Å². The van der Waals surface area contributed by atoms with E-state index in [4.69, 9.17) is 9.47 Å². The lowest BCUT2D eigenvalue weighted by Gasteiger charge is -2.26. The largest absolute Gasteiger partial charge is 0.463 e. The number of hydrogen-bond acceptors (Lipinski definition) is 6. The van der Waals surface area contributed by atoms with Crippen molar-refractivity contribution < 1.29 is 28.7 Å². The molecule has 1 aromatic carbocycles. The number of amides is 3. The van der Waals surface area contributed by atoms with Crippen molar-refractivity contribution in [1.29, 1.82) is 0 Å². The number of rotatable bonds is 7. The smallest absolute Gasteiger partial charge is 0.338 e. The fourth-order valence-electron chi connectivity index (χ4n) is 3.65. The van der Waals surface area contributed by atoms with E-state index in [1.54, 1.807) is 18.7 Å². The highest BCUT2D eigenvalue weighted by atomic mass is 16.5. The van der Waals surface area contributed by atoms with Crippen LogP contribution in [-0.4, -0.2) is 54.6 Å². The normalized spacial score (nSPS) is 20.9. The maximum Gasteiger partial charge on any atom is 0.338 e. The van der Waals surface area contributed by atoms with Gasteiger partial charge in [-0.2, -0.15) is 0 Å². The van der Waals surface area contributed by atoms with Gasteiger partial charge in [0.1, 0.15) is 6.61 Å². The lowest BCUT2D eigenvalue weighted by atomic mass is 10.0. The molecule has 9 heteroatoms. The molecule has 0 spiro atoms. The van der Waals surface area contributed by atoms with E-state index in [2.05, 4.69) is 10.6 Å². The molecule has 1 fully saturated rings. The number of hydrogen-bond donors (Lipinski definition) is 2. The Morgan fingerprint density at radius 3 is 2.55 bits per heavy atom. The van der Waals surface area contributed by atoms with E-state index in [0.29, 0.717) is 6.54 Å². The summed E-state index contributed by atoms with van der Waals surface area (Å²) in [6.07, 6.45) is 0.0682. The van der Waals surface area contributed by atoms with Crippen LogP contribution in [0.1, 0.15) is 31.4 Å². The van der Waals surface area contributed by atoms with Gasteiger partial charge in [0.2, 0.25) is 5.91 Å². The SMILES string of the molecule is CCOC(=O)C1=C(COC(=O)[C@H]2CC(=O)N(Cc3ccc(C)cc3)C2)NC(=O)N[C@@H]1C. The molecule has 2 atom stereocenters. The number of ether oxygens (including phenoxy) is 2. The van der Waals surface area contributed by atoms with Gasteiger partial charge in [0.15, 0.2) is 0 Å². The van der Waals surface area contributed by atoms with Gasteiger partial charge in [-0.1, -0.05) is 29.8 Å². The number of esters is 2. The molecule has 0 radical (unpaired) electrons. The molecule has 0 bridgehead atoms. The van der Waals surface area contributed by atoms with Crippen LogP contribution in [0.5, 0.6) is 0 Å². The molecular weight excluding hydrogens is 402 g/mol. The third kappa shape index (κ3) is 5.42. The first-order valence-corrected chi connectivity index (χ1v) is 10.3. The average molecular weight is 429 g/mol. The van der Waals surface area contributed by atoms with E-state index in [9.17, 15) is 19.2 Å². The van der Waals surface area contributed by atoms with Gasteiger partial charge in [-0.25, -0.2) is 9.59 Å². The van der Waals surface area contributed by atoms with Crippen molar-refractivity contribution >= 4 is 23.9 Å². The Kier molecular flexibility index (Phi) is 6.94. The van der Waals surface area contributed by atoms with E-state index in [1.165, 1.54) is 0 Å². The van der Waals surface area contributed by atoms with Gasteiger partial charge in [0, 0.05) is 19.5 Å². The quantitative estimate of drug-likeness (QED) is 0.634. The molecule has 3 amide bonds. The standard InChI is InChI=1S/C22H27N3O6/c1-4-30-21(28)19-14(3)23-22(29)24-17(19)12-31-20(27)16-9-18(26)25(11-16)10-15-7-5-13(2)6-8-15/h5-8,14,16H,4,9-12H2,1-3H3,(H2,23,24,29)/t14-,16+/m1/s1. The van der Waals surface area contributed by atoms with Crippen LogP contribution in [0.2, 0.25) is 0 Å². The summed E-state index contributed by atoms with van der Waals surface area (Å²) in [4.78, 5) is 50.6. The van der Waals surface area contributed by atoms with Gasteiger partial charge < -0.3 is 25.0 Å². The highest BCUT2D eigenvalue weighted by Gasteiger charge is 2.36. The molecule has 166 valence electrons. The Balaban J connectivity index is 1.62. The van der Waals surface area contributed by atoms with Crippen LogP contribution in [-0.2, 0) is 30.4 Å². The van der Waals surface area contributed by atoms with Gasteiger partial charge in [-0.3, -0.25) is 9.59 Å². The summed E-state index contributed by atoms with van der Waals surface area (Å²) in [5, 5.41) is 5.09. The number of carbonyl (C=O) groups is 4. The Bertz CT molecular complexity index is 908. The number of benzene rings is 1. The summed E-state index contributed by atoms with van der Waals surface area (Å²) in [6, 6.07) is 6.79. The van der Waals surface area contributed by atoms with E-state index in [-0.39, 0.29) is 43.4 Å². The fourth-order valence-corrected chi connectivity index (χ4v) is 3.65. The average Bonchev–Trinajstić information content (AvgIpc) is 3.08. The van der Waals surface area contributed by atoms with Gasteiger partial charge in [0.25, 0.3) is 0 Å². The molecule has 1 saturated heterocycles. The van der Waals surface area contributed by atoms with Gasteiger partial charge in [-0.05, 0) is 26.3 Å². The molecule has 0 unspecified atom stereocenters. The molecule has 2 heterocycles. The molecule has 1 aromatic rings. The van der Waals surface area contributed by atoms with Crippen molar-refractivity contribution in [2.24, 2.45) is 5.92 Å². The topological polar surface area (TPSA) is 114 Å². The molecule has 0 aliphatic carbocycles. The summed E-state index contributed by atoms with van der Waals surface area (Å²) in [7, 11) is 0. The third-order valence-electron chi connectivity index (χ3n) is 5.27. The zero-order chi connectivity index (χ0) is 22.5. The molecule has 0 aromatic heterocycles. The van der Waals surface area contributed by atoms with E-state index >= 15 is 0 Å². The predicted molar refractivity (Wildman–Crippen MR) is 110 cm³/mol. The van der Waals surface area contributed by atoms with Crippen molar-refractivity contribution in [2.75, 3.05) is 19.8 Å². The molecule has 31 heavy (non-hydrogen) atoms. The minimum absolute atomic E-state index is 0.0682. The van der Waals surface area contributed by atoms with Gasteiger partial charge in [-0.15, -0.1) is 0 Å². The van der Waals surface area contributed by atoms with Crippen LogP contribution in [0, 0.1) is 12.8 Å². The zero-order valence-corrected chi connectivity index (χ0v) is 17.9. The second-order valence-electron chi connectivity index (χ2n) is 7.70. The highest BCUT2D eigenvalue weighted by Crippen LogP contribution is 2.22. The molecule has 0 saturated carbocycles. The monoisotopic (exact) mass is 429 g/mol. The second kappa shape index (κ2) is 9.63. The maximum atomic E-state index is 12.6. The Morgan fingerprint density at radius 2 is 1.87 bits per heavy atom. The number of nitrogens with zero attached hydrogens (tertiary/aromatic N) is 1. The third-order valence-corrected chi connectivity index (χ3v) is 5.27. The summed E-state index contributed by atoms with van der Waals surface area (Å²) < 4.78 is 10.4. The van der Waals surface area contributed by atoms with Gasteiger partial charge in [0.05, 0.1) is 29.8 Å². The van der Waals surface area contributed by atoms with E-state index in [0.717, 1.165) is 11.1 Å². The number of aryl methyl sites for hydroxylation is 1. The number of urea groups is 1. The van der Waals surface area contributed by atoms with Gasteiger partial charge >= 0.3 is 18.0 Å². The summed E-state index contributed by atoms with van der Waals surface area (Å²) in [6.45, 7) is 5.90. The first-order valence-electron chi connectivity index (χ1n) is 10.3. The Hall–Kier alpha value is -3.36. The molecular formula is C22H27N3O6. The molecule has 2 aliphatic heterocycles. The summed E-state index contributed by atoms with van der Waals surface area (Å²) >= 11 is 0. The van der Waals surface area contributed by atoms with Crippen LogP contribution >= 0.6 is 0 Å². The lowest BCUT2D eigenvalue weighted by molar-refractivity contribution is -0.148. The predicted octanol–water partition coefficient (Wildman–Crippen LogP) is 1.41. The van der Waals surface area contributed by atoms with Crippen LogP contribution < -0.4 is 10.6 Å². The molecule has 2 aliphatic rings. The van der Waals surface area contributed by atoms with Crippen molar-refractivity contribution in [2.45, 2.75) is 39.8 Å². The molecule has 3 rings (SSSR count). The minimum atomic E-state index is -0.598. The minimum Gasteiger partial charge on any atom is -0.463 e. The van der Waals surface area contributed by atoms with Crippen molar-refractivity contribution in [3.05, 3.63) is 46.7 Å². The second-order valence-corrected chi connectivity index (χ2v) is 7.70.